The first kappa shape index (κ1) is 20.8. The quantitative estimate of drug-likeness (QED) is 0.643. The maximum absolute atomic E-state index is 13.8. The summed E-state index contributed by atoms with van der Waals surface area (Å²) >= 11 is 0. The normalized spacial score (nSPS) is 13.4. The van der Waals surface area contributed by atoms with Gasteiger partial charge in [-0.05, 0) is 47.9 Å². The van der Waals surface area contributed by atoms with Crippen molar-refractivity contribution in [3.8, 4) is 0 Å². The molecule has 160 valence electrons. The Hall–Kier alpha value is -3.46. The monoisotopic (exact) mass is 440 g/mol. The number of sulfone groups is 1. The zero-order chi connectivity index (χ0) is 22.0. The fraction of sp³-hybridized carbons (Fsp3) is 0.182. The van der Waals surface area contributed by atoms with Gasteiger partial charge in [0.2, 0.25) is 0 Å². The van der Waals surface area contributed by atoms with Crippen molar-refractivity contribution >= 4 is 33.1 Å². The van der Waals surface area contributed by atoms with E-state index in [0.717, 1.165) is 11.1 Å². The van der Waals surface area contributed by atoms with Crippen LogP contribution in [-0.2, 0) is 22.8 Å². The number of aromatic nitrogens is 1. The molecule has 0 saturated carbocycles. The number of hydrogen-bond acceptors (Lipinski definition) is 5. The minimum Gasteiger partial charge on any atom is -0.351 e. The summed E-state index contributed by atoms with van der Waals surface area (Å²) in [5.74, 6) is -0.0910. The number of hydrogen-bond donors (Lipinski definition) is 2. The molecular formula is C22H21FN4O3S. The standard InChI is InChI=1S/C22H21FN4O3S/c1-31(29,30)20-10-5-12-24-21(20)27-13-11-16-15(14-27)6-4-9-18(16)25-22(28)26-19-8-3-2-7-17(19)23/h2-10,12H,11,13-14H2,1H3,(H2,25,26,28). The first-order valence-corrected chi connectivity index (χ1v) is 11.6. The van der Waals surface area contributed by atoms with Crippen molar-refractivity contribution in [3.63, 3.8) is 0 Å². The largest absolute Gasteiger partial charge is 0.351 e. The number of fused-ring (bicyclic) bond motifs is 1. The van der Waals surface area contributed by atoms with Crippen LogP contribution in [-0.4, -0.2) is 32.2 Å². The Morgan fingerprint density at radius 2 is 1.77 bits per heavy atom. The average Bonchev–Trinajstić information content (AvgIpc) is 2.74. The van der Waals surface area contributed by atoms with Crippen LogP contribution in [0.15, 0.2) is 65.7 Å². The van der Waals surface area contributed by atoms with Crippen LogP contribution in [0.4, 0.5) is 26.4 Å². The second-order valence-electron chi connectivity index (χ2n) is 7.27. The number of rotatable bonds is 4. The molecular weight excluding hydrogens is 419 g/mol. The highest BCUT2D eigenvalue weighted by Crippen LogP contribution is 2.31. The van der Waals surface area contributed by atoms with Crippen LogP contribution < -0.4 is 15.5 Å². The molecule has 0 fully saturated rings. The third kappa shape index (κ3) is 4.51. The minimum absolute atomic E-state index is 0.0967. The van der Waals surface area contributed by atoms with Gasteiger partial charge >= 0.3 is 6.03 Å². The Bertz CT molecular complexity index is 1250. The van der Waals surface area contributed by atoms with Crippen molar-refractivity contribution in [1.29, 1.82) is 0 Å². The lowest BCUT2D eigenvalue weighted by Gasteiger charge is -2.32. The number of nitrogens with zero attached hydrogens (tertiary/aromatic N) is 2. The van der Waals surface area contributed by atoms with Crippen LogP contribution in [0.25, 0.3) is 0 Å². The molecule has 1 aliphatic rings. The molecule has 4 rings (SSSR count). The van der Waals surface area contributed by atoms with E-state index in [1.807, 2.05) is 17.0 Å². The van der Waals surface area contributed by atoms with Gasteiger partial charge in [0.25, 0.3) is 0 Å². The van der Waals surface area contributed by atoms with E-state index >= 15 is 0 Å². The lowest BCUT2D eigenvalue weighted by molar-refractivity contribution is 0.262. The van der Waals surface area contributed by atoms with Gasteiger partial charge in [-0.15, -0.1) is 0 Å². The van der Waals surface area contributed by atoms with E-state index in [4.69, 9.17) is 0 Å². The van der Waals surface area contributed by atoms with Crippen molar-refractivity contribution in [2.24, 2.45) is 0 Å². The number of urea groups is 1. The Balaban J connectivity index is 1.55. The highest BCUT2D eigenvalue weighted by Gasteiger charge is 2.25. The van der Waals surface area contributed by atoms with Gasteiger partial charge in [-0.1, -0.05) is 24.3 Å². The number of carbonyl (C=O) groups excluding carboxylic acids is 1. The Labute approximate surface area is 179 Å². The molecule has 9 heteroatoms. The number of anilines is 3. The second-order valence-corrected chi connectivity index (χ2v) is 9.26. The third-order valence-corrected chi connectivity index (χ3v) is 6.20. The van der Waals surface area contributed by atoms with Crippen LogP contribution in [0.2, 0.25) is 0 Å². The van der Waals surface area contributed by atoms with Crippen molar-refractivity contribution in [3.05, 3.63) is 77.7 Å². The predicted octanol–water partition coefficient (Wildman–Crippen LogP) is 3.83. The van der Waals surface area contributed by atoms with E-state index in [1.165, 1.54) is 18.4 Å². The summed E-state index contributed by atoms with van der Waals surface area (Å²) in [5, 5.41) is 5.30. The van der Waals surface area contributed by atoms with E-state index in [1.54, 1.807) is 36.5 Å². The van der Waals surface area contributed by atoms with Crippen LogP contribution in [0.3, 0.4) is 0 Å². The Morgan fingerprint density at radius 3 is 2.55 bits per heavy atom. The van der Waals surface area contributed by atoms with E-state index < -0.39 is 21.7 Å². The molecule has 31 heavy (non-hydrogen) atoms. The van der Waals surface area contributed by atoms with Gasteiger partial charge < -0.3 is 15.5 Å². The number of carbonyl (C=O) groups is 1. The number of para-hydroxylation sites is 1. The number of halogens is 1. The smallest absolute Gasteiger partial charge is 0.323 e. The SMILES string of the molecule is CS(=O)(=O)c1cccnc1N1CCc2c(cccc2NC(=O)Nc2ccccc2F)C1. The summed E-state index contributed by atoms with van der Waals surface area (Å²) in [6.07, 6.45) is 3.33. The average molecular weight is 441 g/mol. The molecule has 2 heterocycles. The molecule has 0 aliphatic carbocycles. The molecule has 1 aromatic heterocycles. The highest BCUT2D eigenvalue weighted by molar-refractivity contribution is 7.90. The van der Waals surface area contributed by atoms with E-state index in [2.05, 4.69) is 15.6 Å². The molecule has 3 aromatic rings. The number of nitrogens with one attached hydrogen (secondary N) is 2. The second kappa shape index (κ2) is 8.35. The summed E-state index contributed by atoms with van der Waals surface area (Å²) in [7, 11) is -3.42. The fourth-order valence-corrected chi connectivity index (χ4v) is 4.49. The topological polar surface area (TPSA) is 91.4 Å². The summed E-state index contributed by atoms with van der Waals surface area (Å²) in [5.41, 5.74) is 2.65. The molecule has 0 atom stereocenters. The number of benzene rings is 2. The fourth-order valence-electron chi connectivity index (χ4n) is 3.65. The molecule has 2 aromatic carbocycles. The zero-order valence-electron chi connectivity index (χ0n) is 16.8. The number of amides is 2. The summed E-state index contributed by atoms with van der Waals surface area (Å²) in [6.45, 7) is 0.999. The summed E-state index contributed by atoms with van der Waals surface area (Å²) < 4.78 is 38.1. The lowest BCUT2D eigenvalue weighted by Crippen LogP contribution is -2.33. The van der Waals surface area contributed by atoms with Gasteiger partial charge in [0.05, 0.1) is 5.69 Å². The maximum atomic E-state index is 13.8. The van der Waals surface area contributed by atoms with Crippen LogP contribution in [0.1, 0.15) is 11.1 Å². The minimum atomic E-state index is -3.42. The molecule has 7 nitrogen and oxygen atoms in total. The van der Waals surface area contributed by atoms with E-state index in [-0.39, 0.29) is 10.6 Å². The van der Waals surface area contributed by atoms with Gasteiger partial charge in [0.1, 0.15) is 16.5 Å². The zero-order valence-corrected chi connectivity index (χ0v) is 17.6. The van der Waals surface area contributed by atoms with Crippen LogP contribution >= 0.6 is 0 Å². The first-order chi connectivity index (χ1) is 14.8. The molecule has 0 unspecified atom stereocenters. The third-order valence-electron chi connectivity index (χ3n) is 5.09. The first-order valence-electron chi connectivity index (χ1n) is 9.66. The molecule has 0 spiro atoms. The highest BCUT2D eigenvalue weighted by atomic mass is 32.2. The van der Waals surface area contributed by atoms with Crippen molar-refractivity contribution in [1.82, 2.24) is 4.98 Å². The van der Waals surface area contributed by atoms with Crippen molar-refractivity contribution < 1.29 is 17.6 Å². The summed E-state index contributed by atoms with van der Waals surface area (Å²) in [4.78, 5) is 18.8. The van der Waals surface area contributed by atoms with Crippen LogP contribution in [0.5, 0.6) is 0 Å². The summed E-state index contributed by atoms with van der Waals surface area (Å²) in [6, 6.07) is 14.1. The maximum Gasteiger partial charge on any atom is 0.323 e. The molecule has 0 saturated heterocycles. The van der Waals surface area contributed by atoms with E-state index in [9.17, 15) is 17.6 Å². The van der Waals surface area contributed by atoms with Gasteiger partial charge in [-0.2, -0.15) is 0 Å². The van der Waals surface area contributed by atoms with Gasteiger partial charge in [0.15, 0.2) is 9.84 Å². The van der Waals surface area contributed by atoms with Crippen molar-refractivity contribution in [2.75, 3.05) is 28.3 Å². The molecule has 0 radical (unpaired) electrons. The van der Waals surface area contributed by atoms with Crippen LogP contribution in [0, 0.1) is 5.82 Å². The molecule has 2 amide bonds. The van der Waals surface area contributed by atoms with Gasteiger partial charge in [-0.25, -0.2) is 22.6 Å². The molecule has 0 bridgehead atoms. The Kier molecular flexibility index (Phi) is 5.60. The number of pyridine rings is 1. The van der Waals surface area contributed by atoms with Gasteiger partial charge in [0, 0.05) is 31.2 Å². The molecule has 2 N–H and O–H groups in total. The Morgan fingerprint density at radius 1 is 1.03 bits per heavy atom. The molecule has 1 aliphatic heterocycles. The lowest BCUT2D eigenvalue weighted by atomic mass is 9.97. The van der Waals surface area contributed by atoms with Crippen molar-refractivity contribution in [2.45, 2.75) is 17.9 Å². The van der Waals surface area contributed by atoms with Gasteiger partial charge in [-0.3, -0.25) is 0 Å². The van der Waals surface area contributed by atoms with E-state index in [0.29, 0.717) is 31.0 Å². The predicted molar refractivity (Wildman–Crippen MR) is 118 cm³/mol.